The summed E-state index contributed by atoms with van der Waals surface area (Å²) in [6.45, 7) is 2.41. The van der Waals surface area contributed by atoms with Crippen LogP contribution in [0.15, 0.2) is 6.33 Å². The fraction of sp³-hybridized carbons (Fsp3) is 0.375. The van der Waals surface area contributed by atoms with E-state index in [0.717, 1.165) is 0 Å². The highest BCUT2D eigenvalue weighted by Crippen LogP contribution is 2.21. The Morgan fingerprint density at radius 1 is 1.50 bits per heavy atom. The van der Waals surface area contributed by atoms with E-state index in [-0.39, 0.29) is 5.28 Å². The normalized spacial score (nSPS) is 10.8. The molecular weight excluding hydrogens is 204 g/mol. The van der Waals surface area contributed by atoms with Gasteiger partial charge in [0.2, 0.25) is 11.2 Å². The van der Waals surface area contributed by atoms with Crippen molar-refractivity contribution in [2.24, 2.45) is 7.05 Å². The molecule has 0 N–H and O–H groups in total. The number of aromatic nitrogens is 4. The standard InChI is InChI=1S/C8H9ClN4O/c1-3-14-7-5-6(11-8(9)12-7)13(2)4-10-5/h4H,3H2,1-2H3. The third-order valence-corrected chi connectivity index (χ3v) is 1.95. The minimum atomic E-state index is 0.171. The summed E-state index contributed by atoms with van der Waals surface area (Å²) in [7, 11) is 1.84. The fourth-order valence-electron chi connectivity index (χ4n) is 1.19. The first-order valence-corrected chi connectivity index (χ1v) is 4.57. The summed E-state index contributed by atoms with van der Waals surface area (Å²) in [5.74, 6) is 0.433. The average Bonchev–Trinajstić information content (AvgIpc) is 2.49. The third-order valence-electron chi connectivity index (χ3n) is 1.78. The first-order chi connectivity index (χ1) is 6.72. The maximum Gasteiger partial charge on any atom is 0.246 e. The second-order valence-electron chi connectivity index (χ2n) is 2.76. The first-order valence-electron chi connectivity index (χ1n) is 4.19. The van der Waals surface area contributed by atoms with Crippen LogP contribution in [-0.2, 0) is 7.05 Å². The molecule has 2 aromatic heterocycles. The van der Waals surface area contributed by atoms with Crippen molar-refractivity contribution in [1.82, 2.24) is 19.5 Å². The molecule has 2 rings (SSSR count). The van der Waals surface area contributed by atoms with Gasteiger partial charge >= 0.3 is 0 Å². The molecule has 0 unspecified atom stereocenters. The van der Waals surface area contributed by atoms with Gasteiger partial charge in [-0.25, -0.2) is 4.98 Å². The summed E-state index contributed by atoms with van der Waals surface area (Å²) >= 11 is 5.75. The molecule has 0 aliphatic rings. The Morgan fingerprint density at radius 3 is 3.00 bits per heavy atom. The summed E-state index contributed by atoms with van der Waals surface area (Å²) in [5.41, 5.74) is 1.31. The Kier molecular flexibility index (Phi) is 2.25. The number of halogens is 1. The van der Waals surface area contributed by atoms with Gasteiger partial charge < -0.3 is 9.30 Å². The fourth-order valence-corrected chi connectivity index (χ4v) is 1.35. The van der Waals surface area contributed by atoms with Gasteiger partial charge in [0, 0.05) is 7.05 Å². The maximum atomic E-state index is 5.75. The van der Waals surface area contributed by atoms with Gasteiger partial charge in [0.25, 0.3) is 0 Å². The van der Waals surface area contributed by atoms with Crippen molar-refractivity contribution < 1.29 is 4.74 Å². The topological polar surface area (TPSA) is 52.8 Å². The lowest BCUT2D eigenvalue weighted by Crippen LogP contribution is -1.98. The Hall–Kier alpha value is -1.36. The van der Waals surface area contributed by atoms with E-state index in [1.54, 1.807) is 10.9 Å². The van der Waals surface area contributed by atoms with Gasteiger partial charge in [0.05, 0.1) is 12.9 Å². The van der Waals surface area contributed by atoms with Gasteiger partial charge in [-0.1, -0.05) is 0 Å². The summed E-state index contributed by atoms with van der Waals surface area (Å²) in [6, 6.07) is 0. The van der Waals surface area contributed by atoms with Crippen LogP contribution in [0.5, 0.6) is 5.88 Å². The van der Waals surface area contributed by atoms with Gasteiger partial charge in [-0.05, 0) is 18.5 Å². The molecule has 0 saturated heterocycles. The Bertz CT molecular complexity index is 468. The van der Waals surface area contributed by atoms with Crippen LogP contribution >= 0.6 is 11.6 Å². The summed E-state index contributed by atoms with van der Waals surface area (Å²) in [6.07, 6.45) is 1.65. The van der Waals surface area contributed by atoms with Crippen LogP contribution in [0.25, 0.3) is 11.2 Å². The van der Waals surface area contributed by atoms with E-state index in [4.69, 9.17) is 16.3 Å². The summed E-state index contributed by atoms with van der Waals surface area (Å²) < 4.78 is 7.07. The highest BCUT2D eigenvalue weighted by Gasteiger charge is 2.11. The smallest absolute Gasteiger partial charge is 0.246 e. The Morgan fingerprint density at radius 2 is 2.29 bits per heavy atom. The maximum absolute atomic E-state index is 5.75. The van der Waals surface area contributed by atoms with E-state index in [1.165, 1.54) is 0 Å². The molecule has 0 radical (unpaired) electrons. The molecule has 74 valence electrons. The predicted octanol–water partition coefficient (Wildman–Crippen LogP) is 1.42. The van der Waals surface area contributed by atoms with Crippen molar-refractivity contribution in [2.75, 3.05) is 6.61 Å². The number of hydrogen-bond acceptors (Lipinski definition) is 4. The average molecular weight is 213 g/mol. The number of fused-ring (bicyclic) bond motifs is 1. The van der Waals surface area contributed by atoms with Crippen molar-refractivity contribution in [1.29, 1.82) is 0 Å². The van der Waals surface area contributed by atoms with Gasteiger partial charge in [-0.2, -0.15) is 9.97 Å². The lowest BCUT2D eigenvalue weighted by atomic mass is 10.5. The number of imidazole rings is 1. The van der Waals surface area contributed by atoms with E-state index in [9.17, 15) is 0 Å². The lowest BCUT2D eigenvalue weighted by Gasteiger charge is -2.02. The molecule has 2 heterocycles. The molecule has 2 aromatic rings. The number of aryl methyl sites for hydroxylation is 1. The monoisotopic (exact) mass is 212 g/mol. The van der Waals surface area contributed by atoms with Gasteiger partial charge in [0.1, 0.15) is 0 Å². The van der Waals surface area contributed by atoms with Gasteiger partial charge in [-0.3, -0.25) is 0 Å². The van der Waals surface area contributed by atoms with Crippen molar-refractivity contribution >= 4 is 22.8 Å². The van der Waals surface area contributed by atoms with Gasteiger partial charge in [-0.15, -0.1) is 0 Å². The molecule has 0 atom stereocenters. The molecule has 0 fully saturated rings. The number of hydrogen-bond donors (Lipinski definition) is 0. The molecule has 14 heavy (non-hydrogen) atoms. The molecule has 0 aliphatic carbocycles. The van der Waals surface area contributed by atoms with Gasteiger partial charge in [0.15, 0.2) is 11.2 Å². The molecule has 5 nitrogen and oxygen atoms in total. The van der Waals surface area contributed by atoms with Crippen LogP contribution in [0.1, 0.15) is 6.92 Å². The zero-order chi connectivity index (χ0) is 10.1. The van der Waals surface area contributed by atoms with Crippen molar-refractivity contribution in [2.45, 2.75) is 6.92 Å². The molecule has 0 aromatic carbocycles. The number of ether oxygens (including phenoxy) is 1. The third kappa shape index (κ3) is 1.39. The molecule has 6 heteroatoms. The van der Waals surface area contributed by atoms with Crippen molar-refractivity contribution in [3.05, 3.63) is 11.6 Å². The van der Waals surface area contributed by atoms with Crippen LogP contribution in [0.4, 0.5) is 0 Å². The van der Waals surface area contributed by atoms with Crippen molar-refractivity contribution in [3.63, 3.8) is 0 Å². The second kappa shape index (κ2) is 3.42. The highest BCUT2D eigenvalue weighted by atomic mass is 35.5. The summed E-state index contributed by atoms with van der Waals surface area (Å²) in [5, 5.41) is 0.171. The van der Waals surface area contributed by atoms with Crippen LogP contribution in [-0.4, -0.2) is 26.1 Å². The van der Waals surface area contributed by atoms with E-state index in [0.29, 0.717) is 23.7 Å². The Labute approximate surface area is 85.7 Å². The van der Waals surface area contributed by atoms with E-state index < -0.39 is 0 Å². The zero-order valence-corrected chi connectivity index (χ0v) is 8.62. The summed E-state index contributed by atoms with van der Waals surface area (Å²) in [4.78, 5) is 12.1. The SMILES string of the molecule is CCOc1nc(Cl)nc2c1ncn2C. The molecule has 0 spiro atoms. The van der Waals surface area contributed by atoms with Crippen LogP contribution < -0.4 is 4.74 Å². The van der Waals surface area contributed by atoms with E-state index in [2.05, 4.69) is 15.0 Å². The van der Waals surface area contributed by atoms with E-state index in [1.807, 2.05) is 14.0 Å². The van der Waals surface area contributed by atoms with Crippen molar-refractivity contribution in [3.8, 4) is 5.88 Å². The predicted molar refractivity (Wildman–Crippen MR) is 52.5 cm³/mol. The zero-order valence-electron chi connectivity index (χ0n) is 7.86. The quantitative estimate of drug-likeness (QED) is 0.707. The number of rotatable bonds is 2. The largest absolute Gasteiger partial charge is 0.476 e. The minimum Gasteiger partial charge on any atom is -0.476 e. The number of nitrogens with zero attached hydrogens (tertiary/aromatic N) is 4. The van der Waals surface area contributed by atoms with Crippen LogP contribution in [0.3, 0.4) is 0 Å². The van der Waals surface area contributed by atoms with Crippen LogP contribution in [0.2, 0.25) is 5.28 Å². The second-order valence-corrected chi connectivity index (χ2v) is 3.10. The molecule has 0 saturated carbocycles. The van der Waals surface area contributed by atoms with Crippen LogP contribution in [0, 0.1) is 0 Å². The lowest BCUT2D eigenvalue weighted by molar-refractivity contribution is 0.330. The van der Waals surface area contributed by atoms with E-state index >= 15 is 0 Å². The highest BCUT2D eigenvalue weighted by molar-refractivity contribution is 6.28. The molecule has 0 aliphatic heterocycles. The minimum absolute atomic E-state index is 0.171. The molecule has 0 bridgehead atoms. The molecule has 0 amide bonds. The Balaban J connectivity index is 2.68. The first kappa shape index (κ1) is 9.21. The molecular formula is C8H9ClN4O.